The number of hydrogen-bond donors (Lipinski definition) is 1. The number of hydrogen-bond acceptors (Lipinski definition) is 3. The minimum Gasteiger partial charge on any atom is -0.480 e. The SMILES string of the molecule is Cc1ccc(C(=O)C[C@H](SCc2ccc(Cl)cc2)C(=O)O)cc1. The second-order valence-corrected chi connectivity index (χ2v) is 6.89. The standard InChI is InChI=1S/C18H17ClO3S/c1-12-2-6-14(7-3-12)16(20)10-17(18(21)22)23-11-13-4-8-15(19)9-5-13/h2-9,17H,10-11H2,1H3,(H,21,22)/t17-/m0/s1. The molecule has 0 aromatic heterocycles. The van der Waals surface area contributed by atoms with Gasteiger partial charge in [0.15, 0.2) is 5.78 Å². The molecule has 0 saturated carbocycles. The first-order valence-corrected chi connectivity index (χ1v) is 8.57. The van der Waals surface area contributed by atoms with E-state index in [9.17, 15) is 14.7 Å². The van der Waals surface area contributed by atoms with Crippen LogP contribution in [0.2, 0.25) is 5.02 Å². The predicted molar refractivity (Wildman–Crippen MR) is 94.3 cm³/mol. The molecule has 1 atom stereocenters. The largest absolute Gasteiger partial charge is 0.480 e. The fourth-order valence-electron chi connectivity index (χ4n) is 2.02. The molecular formula is C18H17ClO3S. The number of halogens is 1. The van der Waals surface area contributed by atoms with Crippen molar-refractivity contribution >= 4 is 35.1 Å². The molecule has 2 aromatic carbocycles. The van der Waals surface area contributed by atoms with Crippen LogP contribution in [0.25, 0.3) is 0 Å². The molecule has 23 heavy (non-hydrogen) atoms. The maximum Gasteiger partial charge on any atom is 0.317 e. The summed E-state index contributed by atoms with van der Waals surface area (Å²) in [6.07, 6.45) is -0.0172. The van der Waals surface area contributed by atoms with Gasteiger partial charge >= 0.3 is 5.97 Å². The Hall–Kier alpha value is -1.78. The van der Waals surface area contributed by atoms with Crippen LogP contribution in [0, 0.1) is 6.92 Å². The van der Waals surface area contributed by atoms with E-state index in [0.717, 1.165) is 11.1 Å². The normalized spacial score (nSPS) is 11.9. The summed E-state index contributed by atoms with van der Waals surface area (Å²) >= 11 is 7.08. The van der Waals surface area contributed by atoms with Gasteiger partial charge in [-0.2, -0.15) is 0 Å². The number of ketones is 1. The second-order valence-electron chi connectivity index (χ2n) is 5.26. The van der Waals surface area contributed by atoms with E-state index in [4.69, 9.17) is 11.6 Å². The maximum atomic E-state index is 12.2. The lowest BCUT2D eigenvalue weighted by atomic mass is 10.1. The fourth-order valence-corrected chi connectivity index (χ4v) is 3.14. The van der Waals surface area contributed by atoms with Crippen molar-refractivity contribution in [2.24, 2.45) is 0 Å². The Morgan fingerprint density at radius 3 is 2.26 bits per heavy atom. The molecule has 3 nitrogen and oxygen atoms in total. The third-order valence-corrected chi connectivity index (χ3v) is 4.91. The molecule has 2 rings (SSSR count). The van der Waals surface area contributed by atoms with Gasteiger partial charge in [-0.1, -0.05) is 53.6 Å². The van der Waals surface area contributed by atoms with Crippen LogP contribution >= 0.6 is 23.4 Å². The third-order valence-electron chi connectivity index (χ3n) is 3.38. The van der Waals surface area contributed by atoms with Gasteiger partial charge in [0.05, 0.1) is 0 Å². The van der Waals surface area contributed by atoms with E-state index in [1.165, 1.54) is 11.8 Å². The quantitative estimate of drug-likeness (QED) is 0.742. The van der Waals surface area contributed by atoms with E-state index < -0.39 is 11.2 Å². The third kappa shape index (κ3) is 5.41. The summed E-state index contributed by atoms with van der Waals surface area (Å²) in [4.78, 5) is 23.6. The van der Waals surface area contributed by atoms with Crippen molar-refractivity contribution in [2.75, 3.05) is 0 Å². The molecule has 0 amide bonds. The Bertz CT molecular complexity index is 680. The van der Waals surface area contributed by atoms with Crippen molar-refractivity contribution in [3.8, 4) is 0 Å². The Kier molecular flexibility index (Phi) is 6.25. The summed E-state index contributed by atoms with van der Waals surface area (Å²) in [5.74, 6) is -0.597. The predicted octanol–water partition coefficient (Wildman–Crippen LogP) is 4.61. The molecule has 0 saturated heterocycles. The molecule has 0 unspecified atom stereocenters. The van der Waals surface area contributed by atoms with Crippen LogP contribution in [0.3, 0.4) is 0 Å². The van der Waals surface area contributed by atoms with Crippen LogP contribution in [-0.4, -0.2) is 22.1 Å². The number of aryl methyl sites for hydroxylation is 1. The number of rotatable bonds is 7. The number of carboxylic acid groups (broad SMARTS) is 1. The van der Waals surface area contributed by atoms with E-state index in [-0.39, 0.29) is 12.2 Å². The van der Waals surface area contributed by atoms with Crippen molar-refractivity contribution in [1.29, 1.82) is 0 Å². The highest BCUT2D eigenvalue weighted by Crippen LogP contribution is 2.23. The first kappa shape index (κ1) is 17.6. The summed E-state index contributed by atoms with van der Waals surface area (Å²) in [5.41, 5.74) is 2.59. The first-order valence-electron chi connectivity index (χ1n) is 7.14. The van der Waals surface area contributed by atoms with Crippen molar-refractivity contribution in [3.05, 3.63) is 70.2 Å². The molecule has 0 aliphatic carbocycles. The summed E-state index contributed by atoms with van der Waals surface area (Å²) in [6, 6.07) is 14.4. The fraction of sp³-hybridized carbons (Fsp3) is 0.222. The highest BCUT2D eigenvalue weighted by molar-refractivity contribution is 7.99. The minimum atomic E-state index is -0.968. The highest BCUT2D eigenvalue weighted by Gasteiger charge is 2.22. The van der Waals surface area contributed by atoms with Crippen LogP contribution in [0.15, 0.2) is 48.5 Å². The van der Waals surface area contributed by atoms with E-state index in [2.05, 4.69) is 0 Å². The summed E-state index contributed by atoms with van der Waals surface area (Å²) < 4.78 is 0. The second kappa shape index (κ2) is 8.18. The Morgan fingerprint density at radius 2 is 1.70 bits per heavy atom. The van der Waals surface area contributed by atoms with Crippen molar-refractivity contribution in [3.63, 3.8) is 0 Å². The molecule has 2 aromatic rings. The molecule has 120 valence electrons. The average Bonchev–Trinajstić information content (AvgIpc) is 2.53. The molecule has 1 N–H and O–H groups in total. The average molecular weight is 349 g/mol. The molecule has 0 fully saturated rings. The van der Waals surface area contributed by atoms with Gasteiger partial charge in [-0.3, -0.25) is 9.59 Å². The number of Topliss-reactive ketones (excluding diaryl/α,β-unsaturated/α-hetero) is 1. The molecule has 0 spiro atoms. The van der Waals surface area contributed by atoms with Gasteiger partial charge in [0.25, 0.3) is 0 Å². The van der Waals surface area contributed by atoms with Gasteiger partial charge in [-0.25, -0.2) is 0 Å². The lowest BCUT2D eigenvalue weighted by Crippen LogP contribution is -2.21. The highest BCUT2D eigenvalue weighted by atomic mass is 35.5. The molecule has 5 heteroatoms. The molecule has 0 bridgehead atoms. The zero-order valence-electron chi connectivity index (χ0n) is 12.7. The Morgan fingerprint density at radius 1 is 1.09 bits per heavy atom. The van der Waals surface area contributed by atoms with Crippen LogP contribution < -0.4 is 0 Å². The van der Waals surface area contributed by atoms with Gasteiger partial charge in [0, 0.05) is 22.8 Å². The first-order chi connectivity index (χ1) is 11.0. The Balaban J connectivity index is 1.98. The monoisotopic (exact) mass is 348 g/mol. The van der Waals surface area contributed by atoms with Gasteiger partial charge in [0.2, 0.25) is 0 Å². The number of aliphatic carboxylic acids is 1. The summed E-state index contributed by atoms with van der Waals surface area (Å²) in [5, 5.41) is 9.22. The van der Waals surface area contributed by atoms with Crippen LogP contribution in [-0.2, 0) is 10.5 Å². The van der Waals surface area contributed by atoms with Crippen molar-refractivity contribution in [1.82, 2.24) is 0 Å². The number of carbonyl (C=O) groups excluding carboxylic acids is 1. The molecule has 0 heterocycles. The van der Waals surface area contributed by atoms with Crippen molar-refractivity contribution in [2.45, 2.75) is 24.3 Å². The number of thioether (sulfide) groups is 1. The van der Waals surface area contributed by atoms with Crippen LogP contribution in [0.4, 0.5) is 0 Å². The lowest BCUT2D eigenvalue weighted by molar-refractivity contribution is -0.136. The minimum absolute atomic E-state index is 0.0172. The number of carboxylic acids is 1. The van der Waals surface area contributed by atoms with Crippen LogP contribution in [0.5, 0.6) is 0 Å². The maximum absolute atomic E-state index is 12.2. The van der Waals surface area contributed by atoms with Gasteiger partial charge in [-0.05, 0) is 24.6 Å². The molecule has 0 radical (unpaired) electrons. The van der Waals surface area contributed by atoms with E-state index in [1.807, 2.05) is 31.2 Å². The van der Waals surface area contributed by atoms with Crippen LogP contribution in [0.1, 0.15) is 27.9 Å². The van der Waals surface area contributed by atoms with E-state index in [1.54, 1.807) is 24.3 Å². The van der Waals surface area contributed by atoms with Gasteiger partial charge in [-0.15, -0.1) is 11.8 Å². The zero-order chi connectivity index (χ0) is 16.8. The topological polar surface area (TPSA) is 54.4 Å². The summed E-state index contributed by atoms with van der Waals surface area (Å²) in [7, 11) is 0. The molecular weight excluding hydrogens is 332 g/mol. The lowest BCUT2D eigenvalue weighted by Gasteiger charge is -2.11. The van der Waals surface area contributed by atoms with E-state index >= 15 is 0 Å². The molecule has 0 aliphatic rings. The van der Waals surface area contributed by atoms with Crippen molar-refractivity contribution < 1.29 is 14.7 Å². The smallest absolute Gasteiger partial charge is 0.317 e. The summed E-state index contributed by atoms with van der Waals surface area (Å²) in [6.45, 7) is 1.94. The van der Waals surface area contributed by atoms with E-state index in [0.29, 0.717) is 16.3 Å². The molecule has 0 aliphatic heterocycles. The van der Waals surface area contributed by atoms with Gasteiger partial charge < -0.3 is 5.11 Å². The zero-order valence-corrected chi connectivity index (χ0v) is 14.2. The number of benzene rings is 2. The number of carbonyl (C=O) groups is 2. The van der Waals surface area contributed by atoms with Gasteiger partial charge in [0.1, 0.15) is 5.25 Å². The Labute approximate surface area is 144 Å².